The lowest BCUT2D eigenvalue weighted by Gasteiger charge is -2.22. The van der Waals surface area contributed by atoms with Crippen LogP contribution in [0.15, 0.2) is 59.0 Å². The average molecular weight is 440 g/mol. The van der Waals surface area contributed by atoms with Gasteiger partial charge in [-0.2, -0.15) is 0 Å². The number of hydrogen-bond donors (Lipinski definition) is 1. The molecule has 5 nitrogen and oxygen atoms in total. The number of nitrogens with one attached hydrogen (secondary N) is 1. The minimum absolute atomic E-state index is 0.00157. The van der Waals surface area contributed by atoms with Crippen LogP contribution in [-0.2, 0) is 11.3 Å². The Labute approximate surface area is 184 Å². The van der Waals surface area contributed by atoms with Crippen molar-refractivity contribution in [2.45, 2.75) is 49.8 Å². The van der Waals surface area contributed by atoms with Crippen LogP contribution >= 0.6 is 23.1 Å². The van der Waals surface area contributed by atoms with Crippen molar-refractivity contribution in [1.82, 2.24) is 14.9 Å². The zero-order valence-corrected chi connectivity index (χ0v) is 18.4. The minimum atomic E-state index is -0.0812. The number of amides is 1. The summed E-state index contributed by atoms with van der Waals surface area (Å²) in [5, 5.41) is 3.68. The second-order valence-corrected chi connectivity index (χ2v) is 9.48. The topological polar surface area (TPSA) is 64.0 Å². The average Bonchev–Trinajstić information content (AvgIpc) is 3.20. The molecule has 2 aromatic heterocycles. The van der Waals surface area contributed by atoms with E-state index in [9.17, 15) is 9.59 Å². The molecular weight excluding hydrogens is 414 g/mol. The van der Waals surface area contributed by atoms with Crippen LogP contribution in [0.4, 0.5) is 0 Å². The van der Waals surface area contributed by atoms with Crippen LogP contribution in [0.2, 0.25) is 0 Å². The van der Waals surface area contributed by atoms with Crippen LogP contribution in [0.25, 0.3) is 20.7 Å². The van der Waals surface area contributed by atoms with E-state index in [1.807, 2.05) is 36.4 Å². The standard InChI is InChI=1S/C23H25N3O2S2/c1-2-13-26-22(28)21-18(14-19(30-21)16-9-5-3-6-10-16)25-23(26)29-15-20(27)24-17-11-7-4-8-12-17/h2-3,5-6,9-10,14,17H,1,4,7-8,11-13,15H2,(H,24,27). The molecular formula is C23H25N3O2S2. The number of hydrogen-bond acceptors (Lipinski definition) is 5. The van der Waals surface area contributed by atoms with Gasteiger partial charge in [-0.05, 0) is 24.5 Å². The van der Waals surface area contributed by atoms with Crippen LogP contribution in [0.3, 0.4) is 0 Å². The molecule has 4 rings (SSSR count). The van der Waals surface area contributed by atoms with Crippen molar-refractivity contribution in [3.05, 3.63) is 59.4 Å². The van der Waals surface area contributed by atoms with Gasteiger partial charge in [0.05, 0.1) is 11.3 Å². The highest BCUT2D eigenvalue weighted by atomic mass is 32.2. The molecule has 0 bridgehead atoms. The van der Waals surface area contributed by atoms with Gasteiger partial charge in [0.25, 0.3) is 5.56 Å². The highest BCUT2D eigenvalue weighted by molar-refractivity contribution is 7.99. The van der Waals surface area contributed by atoms with E-state index in [1.54, 1.807) is 10.6 Å². The fraction of sp³-hybridized carbons (Fsp3) is 0.348. The lowest BCUT2D eigenvalue weighted by Crippen LogP contribution is -2.37. The van der Waals surface area contributed by atoms with Crippen LogP contribution in [0.1, 0.15) is 32.1 Å². The molecule has 0 saturated heterocycles. The molecule has 0 unspecified atom stereocenters. The molecule has 1 fully saturated rings. The van der Waals surface area contributed by atoms with Gasteiger partial charge >= 0.3 is 0 Å². The Morgan fingerprint density at radius 1 is 1.27 bits per heavy atom. The predicted molar refractivity (Wildman–Crippen MR) is 125 cm³/mol. The van der Waals surface area contributed by atoms with Crippen molar-refractivity contribution >= 4 is 39.2 Å². The normalized spacial score (nSPS) is 14.7. The molecule has 2 heterocycles. The molecule has 30 heavy (non-hydrogen) atoms. The van der Waals surface area contributed by atoms with Gasteiger partial charge in [0.15, 0.2) is 5.16 Å². The molecule has 3 aromatic rings. The summed E-state index contributed by atoms with van der Waals surface area (Å²) in [7, 11) is 0. The van der Waals surface area contributed by atoms with E-state index in [1.165, 1.54) is 42.4 Å². The van der Waals surface area contributed by atoms with Gasteiger partial charge in [0, 0.05) is 17.5 Å². The molecule has 1 N–H and O–H groups in total. The summed E-state index contributed by atoms with van der Waals surface area (Å²) in [5.74, 6) is 0.253. The van der Waals surface area contributed by atoms with E-state index in [-0.39, 0.29) is 23.3 Å². The number of nitrogens with zero attached hydrogens (tertiary/aromatic N) is 2. The maximum Gasteiger partial charge on any atom is 0.272 e. The van der Waals surface area contributed by atoms with Crippen molar-refractivity contribution in [2.75, 3.05) is 5.75 Å². The lowest BCUT2D eigenvalue weighted by atomic mass is 9.95. The second kappa shape index (κ2) is 9.62. The van der Waals surface area contributed by atoms with Gasteiger partial charge in [-0.1, -0.05) is 67.4 Å². The first-order chi connectivity index (χ1) is 14.7. The first-order valence-corrected chi connectivity index (χ1v) is 12.1. The van der Waals surface area contributed by atoms with Crippen molar-refractivity contribution in [3.63, 3.8) is 0 Å². The molecule has 0 aliphatic heterocycles. The lowest BCUT2D eigenvalue weighted by molar-refractivity contribution is -0.119. The third-order valence-electron chi connectivity index (χ3n) is 5.27. The van der Waals surface area contributed by atoms with Gasteiger partial charge in [-0.15, -0.1) is 17.9 Å². The maximum absolute atomic E-state index is 13.1. The summed E-state index contributed by atoms with van der Waals surface area (Å²) in [6.07, 6.45) is 7.41. The highest BCUT2D eigenvalue weighted by Crippen LogP contribution is 2.32. The number of allylic oxidation sites excluding steroid dienone is 1. The molecule has 1 saturated carbocycles. The van der Waals surface area contributed by atoms with Crippen molar-refractivity contribution in [3.8, 4) is 10.4 Å². The Bertz CT molecular complexity index is 1100. The van der Waals surface area contributed by atoms with E-state index in [2.05, 4.69) is 11.9 Å². The number of carbonyl (C=O) groups is 1. The van der Waals surface area contributed by atoms with Gasteiger partial charge in [0.2, 0.25) is 5.91 Å². The van der Waals surface area contributed by atoms with Crippen molar-refractivity contribution < 1.29 is 4.79 Å². The summed E-state index contributed by atoms with van der Waals surface area (Å²) in [5.41, 5.74) is 1.66. The van der Waals surface area contributed by atoms with Crippen LogP contribution in [-0.4, -0.2) is 27.3 Å². The Kier molecular flexibility index (Phi) is 6.69. The quantitative estimate of drug-likeness (QED) is 0.325. The van der Waals surface area contributed by atoms with Crippen molar-refractivity contribution in [1.29, 1.82) is 0 Å². The number of rotatable bonds is 7. The fourth-order valence-corrected chi connectivity index (χ4v) is 5.65. The third kappa shape index (κ3) is 4.68. The first kappa shape index (κ1) is 20.9. The van der Waals surface area contributed by atoms with E-state index in [0.717, 1.165) is 23.3 Å². The van der Waals surface area contributed by atoms with Gasteiger partial charge in [0.1, 0.15) is 4.70 Å². The summed E-state index contributed by atoms with van der Waals surface area (Å²) in [6.45, 7) is 4.14. The summed E-state index contributed by atoms with van der Waals surface area (Å²) in [4.78, 5) is 31.3. The number of fused-ring (bicyclic) bond motifs is 1. The SMILES string of the molecule is C=CCn1c(SCC(=O)NC2CCCCC2)nc2cc(-c3ccccc3)sc2c1=O. The van der Waals surface area contributed by atoms with E-state index in [0.29, 0.717) is 21.9 Å². The van der Waals surface area contributed by atoms with E-state index < -0.39 is 0 Å². The minimum Gasteiger partial charge on any atom is -0.353 e. The molecule has 1 aromatic carbocycles. The molecule has 1 aliphatic carbocycles. The molecule has 0 radical (unpaired) electrons. The maximum atomic E-state index is 13.1. The van der Waals surface area contributed by atoms with Gasteiger partial charge in [-0.25, -0.2) is 4.98 Å². The van der Waals surface area contributed by atoms with Crippen LogP contribution < -0.4 is 10.9 Å². The number of thioether (sulfide) groups is 1. The monoisotopic (exact) mass is 439 g/mol. The second-order valence-electron chi connectivity index (χ2n) is 7.48. The molecule has 0 spiro atoms. The van der Waals surface area contributed by atoms with Gasteiger partial charge in [-0.3, -0.25) is 14.2 Å². The molecule has 7 heteroatoms. The van der Waals surface area contributed by atoms with E-state index >= 15 is 0 Å². The van der Waals surface area contributed by atoms with Crippen molar-refractivity contribution in [2.24, 2.45) is 0 Å². The smallest absolute Gasteiger partial charge is 0.272 e. The molecule has 1 aliphatic rings. The molecule has 156 valence electrons. The summed E-state index contributed by atoms with van der Waals surface area (Å²) in [6, 6.07) is 12.2. The summed E-state index contributed by atoms with van der Waals surface area (Å²) >= 11 is 2.77. The first-order valence-electron chi connectivity index (χ1n) is 10.3. The Hall–Kier alpha value is -2.38. The largest absolute Gasteiger partial charge is 0.353 e. The van der Waals surface area contributed by atoms with Gasteiger partial charge < -0.3 is 5.32 Å². The molecule has 1 amide bonds. The van der Waals surface area contributed by atoms with Crippen LogP contribution in [0, 0.1) is 0 Å². The Balaban J connectivity index is 1.58. The highest BCUT2D eigenvalue weighted by Gasteiger charge is 2.18. The number of carbonyl (C=O) groups excluding carboxylic acids is 1. The summed E-state index contributed by atoms with van der Waals surface area (Å²) < 4.78 is 2.24. The third-order valence-corrected chi connectivity index (χ3v) is 7.41. The number of aromatic nitrogens is 2. The van der Waals surface area contributed by atoms with E-state index in [4.69, 9.17) is 4.98 Å². The zero-order valence-electron chi connectivity index (χ0n) is 16.8. The molecule has 0 atom stereocenters. The predicted octanol–water partition coefficient (Wildman–Crippen LogP) is 4.85. The zero-order chi connectivity index (χ0) is 20.9. The number of benzene rings is 1. The van der Waals surface area contributed by atoms with Crippen LogP contribution in [0.5, 0.6) is 0 Å². The Morgan fingerprint density at radius 2 is 2.03 bits per heavy atom. The fourth-order valence-electron chi connectivity index (χ4n) is 3.78. The Morgan fingerprint density at radius 3 is 2.77 bits per heavy atom. The number of thiophene rings is 1.